The maximum absolute atomic E-state index is 11.9. The largest absolute Gasteiger partial charge is 0.468 e. The number of carbonyl (C=O) groups excluding carboxylic acids is 1. The van der Waals surface area contributed by atoms with Crippen LogP contribution in [0.25, 0.3) is 0 Å². The summed E-state index contributed by atoms with van der Waals surface area (Å²) < 4.78 is 27.9. The number of hydrogen-bond donors (Lipinski definition) is 1. The van der Waals surface area contributed by atoms with Gasteiger partial charge < -0.3 is 9.73 Å². The van der Waals surface area contributed by atoms with Crippen LogP contribution in [0.4, 0.5) is 0 Å². The summed E-state index contributed by atoms with van der Waals surface area (Å²) in [7, 11) is -3.24. The lowest BCUT2D eigenvalue weighted by molar-refractivity contribution is 0.0956. The Labute approximate surface area is 134 Å². The number of thioether (sulfide) groups is 1. The van der Waals surface area contributed by atoms with E-state index < -0.39 is 9.84 Å². The molecule has 0 aliphatic heterocycles. The molecule has 1 N–H and O–H groups in total. The average molecular weight is 339 g/mol. The highest BCUT2D eigenvalue weighted by Crippen LogP contribution is 2.12. The van der Waals surface area contributed by atoms with Crippen molar-refractivity contribution in [2.45, 2.75) is 10.6 Å². The third kappa shape index (κ3) is 4.92. The van der Waals surface area contributed by atoms with E-state index >= 15 is 0 Å². The van der Waals surface area contributed by atoms with Gasteiger partial charge in [-0.3, -0.25) is 4.79 Å². The zero-order valence-electron chi connectivity index (χ0n) is 12.1. The number of furan rings is 1. The monoisotopic (exact) mass is 339 g/mol. The summed E-state index contributed by atoms with van der Waals surface area (Å²) in [5.41, 5.74) is 0.448. The zero-order chi connectivity index (χ0) is 16.0. The first-order valence-corrected chi connectivity index (χ1v) is 9.70. The fraction of sp³-hybridized carbons (Fsp3) is 0.267. The van der Waals surface area contributed by atoms with Crippen molar-refractivity contribution in [3.05, 3.63) is 54.0 Å². The molecule has 1 aromatic carbocycles. The first-order valence-electron chi connectivity index (χ1n) is 6.65. The van der Waals surface area contributed by atoms with Gasteiger partial charge in [0, 0.05) is 24.1 Å². The molecule has 1 amide bonds. The van der Waals surface area contributed by atoms with Crippen LogP contribution in [0.15, 0.2) is 52.0 Å². The van der Waals surface area contributed by atoms with Gasteiger partial charge in [0.1, 0.15) is 5.76 Å². The summed E-state index contributed by atoms with van der Waals surface area (Å²) in [6.07, 6.45) is 2.77. The Hall–Kier alpha value is -1.73. The van der Waals surface area contributed by atoms with E-state index in [4.69, 9.17) is 4.42 Å². The van der Waals surface area contributed by atoms with Gasteiger partial charge >= 0.3 is 0 Å². The molecular formula is C15H17NO4S2. The van der Waals surface area contributed by atoms with Gasteiger partial charge in [0.15, 0.2) is 9.84 Å². The molecule has 0 bridgehead atoms. The van der Waals surface area contributed by atoms with E-state index in [0.717, 1.165) is 23.5 Å². The molecule has 7 heteroatoms. The molecule has 2 rings (SSSR count). The van der Waals surface area contributed by atoms with Gasteiger partial charge in [-0.15, -0.1) is 0 Å². The molecule has 0 saturated heterocycles. The van der Waals surface area contributed by atoms with E-state index in [-0.39, 0.29) is 10.8 Å². The van der Waals surface area contributed by atoms with Gasteiger partial charge in [0.2, 0.25) is 0 Å². The quantitative estimate of drug-likeness (QED) is 0.784. The molecule has 2 aromatic rings. The van der Waals surface area contributed by atoms with Crippen LogP contribution in [0.1, 0.15) is 16.1 Å². The Bertz CT molecular complexity index is 707. The van der Waals surface area contributed by atoms with Crippen molar-refractivity contribution >= 4 is 27.5 Å². The van der Waals surface area contributed by atoms with Gasteiger partial charge in [0.25, 0.3) is 5.91 Å². The number of benzene rings is 1. The van der Waals surface area contributed by atoms with Crippen molar-refractivity contribution < 1.29 is 17.6 Å². The predicted molar refractivity (Wildman–Crippen MR) is 86.8 cm³/mol. The van der Waals surface area contributed by atoms with Gasteiger partial charge in [-0.2, -0.15) is 11.8 Å². The Balaban J connectivity index is 1.75. The van der Waals surface area contributed by atoms with Gasteiger partial charge in [0.05, 0.1) is 16.9 Å². The minimum atomic E-state index is -3.24. The van der Waals surface area contributed by atoms with Crippen molar-refractivity contribution in [3.63, 3.8) is 0 Å². The normalized spacial score (nSPS) is 11.3. The molecule has 0 spiro atoms. The average Bonchev–Trinajstić information content (AvgIpc) is 2.99. The molecule has 0 unspecified atom stereocenters. The highest BCUT2D eigenvalue weighted by atomic mass is 32.2. The molecule has 0 aliphatic carbocycles. The molecule has 118 valence electrons. The van der Waals surface area contributed by atoms with Gasteiger partial charge in [-0.25, -0.2) is 8.42 Å². The van der Waals surface area contributed by atoms with Crippen LogP contribution in [-0.2, 0) is 15.6 Å². The number of nitrogens with one attached hydrogen (secondary N) is 1. The van der Waals surface area contributed by atoms with Crippen LogP contribution in [0.3, 0.4) is 0 Å². The van der Waals surface area contributed by atoms with Crippen LogP contribution in [0, 0.1) is 0 Å². The minimum absolute atomic E-state index is 0.207. The van der Waals surface area contributed by atoms with E-state index in [1.165, 1.54) is 24.3 Å². The van der Waals surface area contributed by atoms with Crippen LogP contribution in [0.5, 0.6) is 0 Å². The second-order valence-corrected chi connectivity index (χ2v) is 7.81. The number of sulfone groups is 1. The van der Waals surface area contributed by atoms with E-state index in [2.05, 4.69) is 5.32 Å². The lowest BCUT2D eigenvalue weighted by Crippen LogP contribution is -2.25. The maximum Gasteiger partial charge on any atom is 0.251 e. The topological polar surface area (TPSA) is 76.4 Å². The van der Waals surface area contributed by atoms with Crippen molar-refractivity contribution in [2.75, 3.05) is 18.6 Å². The minimum Gasteiger partial charge on any atom is -0.468 e. The highest BCUT2D eigenvalue weighted by Gasteiger charge is 2.09. The lowest BCUT2D eigenvalue weighted by atomic mass is 10.2. The third-order valence-electron chi connectivity index (χ3n) is 2.90. The molecule has 5 nitrogen and oxygen atoms in total. The molecular weight excluding hydrogens is 322 g/mol. The van der Waals surface area contributed by atoms with E-state index in [9.17, 15) is 13.2 Å². The van der Waals surface area contributed by atoms with E-state index in [0.29, 0.717) is 12.1 Å². The fourth-order valence-electron chi connectivity index (χ4n) is 1.76. The van der Waals surface area contributed by atoms with Crippen molar-refractivity contribution in [1.29, 1.82) is 0 Å². The molecule has 0 radical (unpaired) electrons. The summed E-state index contributed by atoms with van der Waals surface area (Å²) in [4.78, 5) is 12.1. The van der Waals surface area contributed by atoms with Crippen LogP contribution in [0.2, 0.25) is 0 Å². The molecule has 1 heterocycles. The van der Waals surface area contributed by atoms with E-state index in [1.54, 1.807) is 18.0 Å². The SMILES string of the molecule is CS(=O)(=O)c1ccc(C(=O)NCCSCc2ccco2)cc1. The Morgan fingerprint density at radius 2 is 1.95 bits per heavy atom. The predicted octanol–water partition coefficient (Wildman–Crippen LogP) is 2.35. The molecule has 22 heavy (non-hydrogen) atoms. The summed E-state index contributed by atoms with van der Waals surface area (Å²) >= 11 is 1.67. The number of rotatable bonds is 7. The van der Waals surface area contributed by atoms with Gasteiger partial charge in [-0.1, -0.05) is 0 Å². The van der Waals surface area contributed by atoms with Crippen LogP contribution >= 0.6 is 11.8 Å². The second kappa shape index (κ2) is 7.51. The summed E-state index contributed by atoms with van der Waals surface area (Å²) in [5.74, 6) is 2.24. The van der Waals surface area contributed by atoms with Crippen molar-refractivity contribution in [2.24, 2.45) is 0 Å². The first-order chi connectivity index (χ1) is 10.5. The molecule has 0 atom stereocenters. The number of carbonyl (C=O) groups is 1. The van der Waals surface area contributed by atoms with Gasteiger partial charge in [-0.05, 0) is 36.4 Å². The summed E-state index contributed by atoms with van der Waals surface area (Å²) in [6.45, 7) is 0.540. The lowest BCUT2D eigenvalue weighted by Gasteiger charge is -2.05. The van der Waals surface area contributed by atoms with Crippen molar-refractivity contribution in [1.82, 2.24) is 5.32 Å². The highest BCUT2D eigenvalue weighted by molar-refractivity contribution is 7.98. The molecule has 0 saturated carbocycles. The van der Waals surface area contributed by atoms with Crippen LogP contribution < -0.4 is 5.32 Å². The Morgan fingerprint density at radius 3 is 2.55 bits per heavy atom. The Kier molecular flexibility index (Phi) is 5.68. The fourth-order valence-corrected chi connectivity index (χ4v) is 3.15. The van der Waals surface area contributed by atoms with Crippen molar-refractivity contribution in [3.8, 4) is 0 Å². The maximum atomic E-state index is 11.9. The molecule has 1 aromatic heterocycles. The number of amides is 1. The molecule has 0 aliphatic rings. The second-order valence-electron chi connectivity index (χ2n) is 4.68. The van der Waals surface area contributed by atoms with E-state index in [1.807, 2.05) is 12.1 Å². The smallest absolute Gasteiger partial charge is 0.251 e. The molecule has 0 fully saturated rings. The summed E-state index contributed by atoms with van der Waals surface area (Å²) in [5, 5.41) is 2.80. The zero-order valence-corrected chi connectivity index (χ0v) is 13.7. The van der Waals surface area contributed by atoms with Crippen LogP contribution in [-0.4, -0.2) is 32.9 Å². The third-order valence-corrected chi connectivity index (χ3v) is 5.01. The number of hydrogen-bond acceptors (Lipinski definition) is 5. The summed E-state index contributed by atoms with van der Waals surface area (Å²) in [6, 6.07) is 9.67. The first kappa shape index (κ1) is 16.6. The standard InChI is InChI=1S/C15H17NO4S2/c1-22(18,19)14-6-4-12(5-7-14)15(17)16-8-10-21-11-13-3-2-9-20-13/h2-7,9H,8,10-11H2,1H3,(H,16,17). The Morgan fingerprint density at radius 1 is 1.23 bits per heavy atom.